The minimum atomic E-state index is 0.990. The quantitative estimate of drug-likeness (QED) is 0.577. The van der Waals surface area contributed by atoms with Crippen molar-refractivity contribution in [2.75, 3.05) is 0 Å². The predicted molar refractivity (Wildman–Crippen MR) is 42.1 cm³/mol. The summed E-state index contributed by atoms with van der Waals surface area (Å²) in [5.41, 5.74) is 6.61. The fourth-order valence-electron chi connectivity index (χ4n) is 0.636. The van der Waals surface area contributed by atoms with E-state index in [2.05, 4.69) is 19.9 Å². The van der Waals surface area contributed by atoms with Gasteiger partial charge in [-0.25, -0.2) is 0 Å². The third-order valence-electron chi connectivity index (χ3n) is 1.37. The molecule has 0 amide bonds. The number of unbranched alkanes of at least 4 members (excludes halogenated alkanes) is 2. The van der Waals surface area contributed by atoms with Crippen LogP contribution >= 0.6 is 0 Å². The summed E-state index contributed by atoms with van der Waals surface area (Å²) in [4.78, 5) is 0. The van der Waals surface area contributed by atoms with Crippen LogP contribution in [0.15, 0.2) is 11.8 Å². The zero-order valence-corrected chi connectivity index (χ0v) is 6.48. The molecule has 1 heteroatoms. The minimum absolute atomic E-state index is 0.990. The molecule has 0 fully saturated rings. The van der Waals surface area contributed by atoms with Gasteiger partial charge in [0.1, 0.15) is 0 Å². The molecule has 0 rings (SSSR count). The van der Waals surface area contributed by atoms with Crippen molar-refractivity contribution in [2.24, 2.45) is 5.73 Å². The molecule has 0 aromatic rings. The first-order chi connectivity index (χ1) is 4.31. The van der Waals surface area contributed by atoms with E-state index in [9.17, 15) is 0 Å². The van der Waals surface area contributed by atoms with Crippen molar-refractivity contribution in [3.05, 3.63) is 11.8 Å². The van der Waals surface area contributed by atoms with Gasteiger partial charge in [0, 0.05) is 5.70 Å². The van der Waals surface area contributed by atoms with Gasteiger partial charge >= 0.3 is 0 Å². The summed E-state index contributed by atoms with van der Waals surface area (Å²) >= 11 is 0. The first-order valence-electron chi connectivity index (χ1n) is 3.75. The maximum atomic E-state index is 5.57. The van der Waals surface area contributed by atoms with Crippen LogP contribution in [0, 0.1) is 0 Å². The van der Waals surface area contributed by atoms with Crippen molar-refractivity contribution in [1.29, 1.82) is 0 Å². The van der Waals surface area contributed by atoms with Crippen molar-refractivity contribution in [2.45, 2.75) is 39.5 Å². The molecular formula is C8H17N. The van der Waals surface area contributed by atoms with E-state index >= 15 is 0 Å². The van der Waals surface area contributed by atoms with Gasteiger partial charge in [0.05, 0.1) is 0 Å². The van der Waals surface area contributed by atoms with E-state index in [1.165, 1.54) is 12.8 Å². The normalized spacial score (nSPS) is 12.0. The third-order valence-corrected chi connectivity index (χ3v) is 1.37. The summed E-state index contributed by atoms with van der Waals surface area (Å²) in [7, 11) is 0. The molecule has 0 bridgehead atoms. The Kier molecular flexibility index (Phi) is 5.38. The summed E-state index contributed by atoms with van der Waals surface area (Å²) in [6.45, 7) is 4.27. The van der Waals surface area contributed by atoms with Gasteiger partial charge in [0.25, 0.3) is 0 Å². The molecule has 0 atom stereocenters. The van der Waals surface area contributed by atoms with Crippen LogP contribution in [-0.4, -0.2) is 0 Å². The molecule has 9 heavy (non-hydrogen) atoms. The van der Waals surface area contributed by atoms with Gasteiger partial charge in [0.2, 0.25) is 0 Å². The van der Waals surface area contributed by atoms with Crippen molar-refractivity contribution in [1.82, 2.24) is 0 Å². The number of hydrogen-bond donors (Lipinski definition) is 1. The summed E-state index contributed by atoms with van der Waals surface area (Å²) < 4.78 is 0. The number of rotatable bonds is 4. The highest BCUT2D eigenvalue weighted by molar-refractivity contribution is 4.94. The zero-order valence-electron chi connectivity index (χ0n) is 6.48. The summed E-state index contributed by atoms with van der Waals surface area (Å²) in [5.74, 6) is 0. The molecule has 0 saturated heterocycles. The molecule has 1 nitrogen and oxygen atoms in total. The second-order valence-corrected chi connectivity index (χ2v) is 2.27. The van der Waals surface area contributed by atoms with E-state index in [4.69, 9.17) is 5.73 Å². The Balaban J connectivity index is 3.21. The Hall–Kier alpha value is -0.460. The Morgan fingerprint density at radius 3 is 2.56 bits per heavy atom. The van der Waals surface area contributed by atoms with E-state index in [1.807, 2.05) is 0 Å². The van der Waals surface area contributed by atoms with Crippen LogP contribution in [0.2, 0.25) is 0 Å². The van der Waals surface area contributed by atoms with Gasteiger partial charge in [-0.3, -0.25) is 0 Å². The van der Waals surface area contributed by atoms with Gasteiger partial charge in [-0.15, -0.1) is 0 Å². The second-order valence-electron chi connectivity index (χ2n) is 2.27. The molecule has 0 aliphatic heterocycles. The fraction of sp³-hybridized carbons (Fsp3) is 0.750. The van der Waals surface area contributed by atoms with Gasteiger partial charge in [-0.1, -0.05) is 32.8 Å². The molecule has 0 spiro atoms. The lowest BCUT2D eigenvalue weighted by Crippen LogP contribution is -1.93. The molecule has 0 aliphatic carbocycles. The molecule has 0 unspecified atom stereocenters. The number of allylic oxidation sites excluding steroid dienone is 2. The van der Waals surface area contributed by atoms with E-state index in [1.54, 1.807) is 0 Å². The summed E-state index contributed by atoms with van der Waals surface area (Å²) in [6.07, 6.45) is 6.79. The Bertz CT molecular complexity index is 84.6. The van der Waals surface area contributed by atoms with Crippen LogP contribution in [0.5, 0.6) is 0 Å². The molecule has 0 aromatic carbocycles. The van der Waals surface area contributed by atoms with Crippen LogP contribution in [0.3, 0.4) is 0 Å². The van der Waals surface area contributed by atoms with E-state index in [0.717, 1.165) is 18.5 Å². The largest absolute Gasteiger partial charge is 0.402 e. The van der Waals surface area contributed by atoms with Crippen LogP contribution in [0.25, 0.3) is 0 Å². The average molecular weight is 127 g/mol. The van der Waals surface area contributed by atoms with Crippen LogP contribution in [0.4, 0.5) is 0 Å². The lowest BCUT2D eigenvalue weighted by atomic mass is 10.2. The van der Waals surface area contributed by atoms with E-state index < -0.39 is 0 Å². The standard InChI is InChI=1S/C8H17N/c1-3-5-6-7-8(9)4-2/h7H,3-6,9H2,1-2H3. The van der Waals surface area contributed by atoms with Gasteiger partial charge in [-0.2, -0.15) is 0 Å². The Labute approximate surface area is 57.9 Å². The van der Waals surface area contributed by atoms with Crippen molar-refractivity contribution < 1.29 is 0 Å². The average Bonchev–Trinajstić information content (AvgIpc) is 1.89. The van der Waals surface area contributed by atoms with Gasteiger partial charge < -0.3 is 5.73 Å². The zero-order chi connectivity index (χ0) is 7.11. The van der Waals surface area contributed by atoms with Gasteiger partial charge in [-0.05, 0) is 12.8 Å². The van der Waals surface area contributed by atoms with Crippen LogP contribution < -0.4 is 5.73 Å². The second kappa shape index (κ2) is 5.67. The highest BCUT2D eigenvalue weighted by Crippen LogP contribution is 1.98. The Morgan fingerprint density at radius 2 is 2.11 bits per heavy atom. The monoisotopic (exact) mass is 127 g/mol. The molecule has 0 aromatic heterocycles. The van der Waals surface area contributed by atoms with Crippen LogP contribution in [-0.2, 0) is 0 Å². The first-order valence-corrected chi connectivity index (χ1v) is 3.75. The molecule has 0 heterocycles. The maximum Gasteiger partial charge on any atom is 0.00371 e. The molecule has 0 aliphatic rings. The lowest BCUT2D eigenvalue weighted by molar-refractivity contribution is 0.806. The van der Waals surface area contributed by atoms with Crippen LogP contribution in [0.1, 0.15) is 39.5 Å². The van der Waals surface area contributed by atoms with Crippen molar-refractivity contribution >= 4 is 0 Å². The SMILES string of the molecule is CCCCC=C(N)CC. The smallest absolute Gasteiger partial charge is 0.00371 e. The Morgan fingerprint density at radius 1 is 1.44 bits per heavy atom. The predicted octanol–water partition coefficient (Wildman–Crippen LogP) is 2.43. The molecule has 0 saturated carbocycles. The minimum Gasteiger partial charge on any atom is -0.402 e. The summed E-state index contributed by atoms with van der Waals surface area (Å²) in [6, 6.07) is 0. The topological polar surface area (TPSA) is 26.0 Å². The van der Waals surface area contributed by atoms with Gasteiger partial charge in [0.15, 0.2) is 0 Å². The fourth-order valence-corrected chi connectivity index (χ4v) is 0.636. The van der Waals surface area contributed by atoms with Crippen molar-refractivity contribution in [3.8, 4) is 0 Å². The van der Waals surface area contributed by atoms with E-state index in [0.29, 0.717) is 0 Å². The highest BCUT2D eigenvalue weighted by Gasteiger charge is 1.82. The third kappa shape index (κ3) is 5.41. The van der Waals surface area contributed by atoms with E-state index in [-0.39, 0.29) is 0 Å². The summed E-state index contributed by atoms with van der Waals surface area (Å²) in [5, 5.41) is 0. The first kappa shape index (κ1) is 8.54. The highest BCUT2D eigenvalue weighted by atomic mass is 14.6. The number of nitrogens with two attached hydrogens (primary N) is 1. The molecule has 54 valence electrons. The molecule has 2 N–H and O–H groups in total. The van der Waals surface area contributed by atoms with Crippen molar-refractivity contribution in [3.63, 3.8) is 0 Å². The number of hydrogen-bond acceptors (Lipinski definition) is 1. The lowest BCUT2D eigenvalue weighted by Gasteiger charge is -1.93. The maximum absolute atomic E-state index is 5.57. The molecular weight excluding hydrogens is 110 g/mol. The molecule has 0 radical (unpaired) electrons.